The monoisotopic (exact) mass is 319 g/mol. The summed E-state index contributed by atoms with van der Waals surface area (Å²) in [5.41, 5.74) is -1.35. The molecular formula is C12H21N3O5S. The fourth-order valence-corrected chi connectivity index (χ4v) is 3.42. The van der Waals surface area contributed by atoms with Crippen molar-refractivity contribution in [1.82, 2.24) is 14.5 Å². The van der Waals surface area contributed by atoms with Crippen LogP contribution in [0.1, 0.15) is 38.1 Å². The molecule has 1 aromatic rings. The average molecular weight is 319 g/mol. The zero-order valence-corrected chi connectivity index (χ0v) is 13.4. The van der Waals surface area contributed by atoms with Crippen LogP contribution >= 0.6 is 0 Å². The quantitative estimate of drug-likeness (QED) is 0.702. The van der Waals surface area contributed by atoms with E-state index in [9.17, 15) is 18.3 Å². The first-order chi connectivity index (χ1) is 9.63. The summed E-state index contributed by atoms with van der Waals surface area (Å²) in [4.78, 5) is 11.8. The first-order valence-corrected chi connectivity index (χ1v) is 8.00. The van der Waals surface area contributed by atoms with Gasteiger partial charge in [0.15, 0.2) is 5.03 Å². The van der Waals surface area contributed by atoms with Gasteiger partial charge in [-0.25, -0.2) is 13.2 Å². The second kappa shape index (κ2) is 6.54. The SMILES string of the molecule is CCOC(=O)c1cn[nH]c1S(=O)(=O)N(CC)CC(C)(C)O. The van der Waals surface area contributed by atoms with Crippen LogP contribution in [-0.4, -0.2) is 59.3 Å². The highest BCUT2D eigenvalue weighted by atomic mass is 32.2. The molecule has 21 heavy (non-hydrogen) atoms. The number of carbonyl (C=O) groups excluding carboxylic acids is 1. The normalized spacial score (nSPS) is 12.7. The van der Waals surface area contributed by atoms with Crippen LogP contribution in [0.4, 0.5) is 0 Å². The van der Waals surface area contributed by atoms with Crippen molar-refractivity contribution in [3.63, 3.8) is 0 Å². The summed E-state index contributed by atoms with van der Waals surface area (Å²) in [5.74, 6) is -0.760. The van der Waals surface area contributed by atoms with Crippen LogP contribution in [-0.2, 0) is 14.8 Å². The minimum atomic E-state index is -3.98. The van der Waals surface area contributed by atoms with Gasteiger partial charge in [-0.1, -0.05) is 6.92 Å². The number of likely N-dealkylation sites (N-methyl/N-ethyl adjacent to an activating group) is 1. The molecule has 1 heterocycles. The van der Waals surface area contributed by atoms with Gasteiger partial charge in [0.05, 0.1) is 18.4 Å². The Bertz CT molecular complexity index is 588. The molecule has 8 nitrogen and oxygen atoms in total. The first-order valence-electron chi connectivity index (χ1n) is 6.56. The summed E-state index contributed by atoms with van der Waals surface area (Å²) in [5, 5.41) is 15.4. The predicted octanol–water partition coefficient (Wildman–Crippen LogP) is 0.368. The highest BCUT2D eigenvalue weighted by molar-refractivity contribution is 7.89. The highest BCUT2D eigenvalue weighted by Crippen LogP contribution is 2.20. The van der Waals surface area contributed by atoms with Gasteiger partial charge in [0, 0.05) is 13.1 Å². The van der Waals surface area contributed by atoms with Crippen molar-refractivity contribution in [2.45, 2.75) is 38.3 Å². The molecule has 0 atom stereocenters. The molecule has 120 valence electrons. The second-order valence-electron chi connectivity index (χ2n) is 5.08. The Labute approximate surface area is 124 Å². The summed E-state index contributed by atoms with van der Waals surface area (Å²) in [6.45, 7) is 6.45. The van der Waals surface area contributed by atoms with E-state index in [2.05, 4.69) is 10.2 Å². The fourth-order valence-electron chi connectivity index (χ4n) is 1.75. The maximum absolute atomic E-state index is 12.6. The first kappa shape index (κ1) is 17.6. The second-order valence-corrected chi connectivity index (χ2v) is 6.95. The molecule has 0 unspecified atom stereocenters. The van der Waals surface area contributed by atoms with E-state index in [1.807, 2.05) is 0 Å². The van der Waals surface area contributed by atoms with Gasteiger partial charge < -0.3 is 9.84 Å². The highest BCUT2D eigenvalue weighted by Gasteiger charge is 2.33. The molecule has 0 saturated carbocycles. The molecule has 0 fully saturated rings. The third-order valence-electron chi connectivity index (χ3n) is 2.61. The van der Waals surface area contributed by atoms with Gasteiger partial charge in [0.25, 0.3) is 10.0 Å². The minimum Gasteiger partial charge on any atom is -0.462 e. The van der Waals surface area contributed by atoms with E-state index >= 15 is 0 Å². The van der Waals surface area contributed by atoms with Gasteiger partial charge in [-0.05, 0) is 20.8 Å². The van der Waals surface area contributed by atoms with Gasteiger partial charge in [0.1, 0.15) is 5.56 Å². The van der Waals surface area contributed by atoms with Crippen LogP contribution in [0.5, 0.6) is 0 Å². The largest absolute Gasteiger partial charge is 0.462 e. The van der Waals surface area contributed by atoms with Gasteiger partial charge in [-0.2, -0.15) is 9.40 Å². The smallest absolute Gasteiger partial charge is 0.342 e. The molecule has 1 aromatic heterocycles. The molecule has 0 saturated heterocycles. The van der Waals surface area contributed by atoms with E-state index < -0.39 is 21.6 Å². The summed E-state index contributed by atoms with van der Waals surface area (Å²) in [6.07, 6.45) is 1.11. The maximum Gasteiger partial charge on any atom is 0.342 e. The van der Waals surface area contributed by atoms with Crippen molar-refractivity contribution in [3.05, 3.63) is 11.8 Å². The molecule has 0 aliphatic heterocycles. The molecule has 0 radical (unpaired) electrons. The number of esters is 1. The summed E-state index contributed by atoms with van der Waals surface area (Å²) in [7, 11) is -3.98. The average Bonchev–Trinajstić information content (AvgIpc) is 2.84. The fraction of sp³-hybridized carbons (Fsp3) is 0.667. The molecule has 0 spiro atoms. The van der Waals surface area contributed by atoms with Crippen LogP contribution in [0, 0.1) is 0 Å². The van der Waals surface area contributed by atoms with E-state index in [4.69, 9.17) is 4.74 Å². The number of carbonyl (C=O) groups is 1. The minimum absolute atomic E-state index is 0.104. The van der Waals surface area contributed by atoms with E-state index in [0.717, 1.165) is 10.5 Å². The number of hydrogen-bond donors (Lipinski definition) is 2. The van der Waals surface area contributed by atoms with E-state index in [1.165, 1.54) is 13.8 Å². The zero-order chi connectivity index (χ0) is 16.3. The standard InChI is InChI=1S/C12H21N3O5S/c1-5-15(8-12(3,4)17)21(18,19)10-9(7-13-14-10)11(16)20-6-2/h7,17H,5-6,8H2,1-4H3,(H,13,14). The Kier molecular flexibility index (Phi) is 5.48. The number of sulfonamides is 1. The molecular weight excluding hydrogens is 298 g/mol. The number of nitrogens with one attached hydrogen (secondary N) is 1. The molecule has 0 aliphatic rings. The lowest BCUT2D eigenvalue weighted by Gasteiger charge is -2.27. The zero-order valence-electron chi connectivity index (χ0n) is 12.6. The molecule has 2 N–H and O–H groups in total. The molecule has 0 aliphatic carbocycles. The number of aromatic nitrogens is 2. The van der Waals surface area contributed by atoms with Crippen LogP contribution in [0.2, 0.25) is 0 Å². The van der Waals surface area contributed by atoms with Gasteiger partial charge in [0.2, 0.25) is 0 Å². The maximum atomic E-state index is 12.6. The molecule has 0 aromatic carbocycles. The van der Waals surface area contributed by atoms with Crippen LogP contribution in [0.25, 0.3) is 0 Å². The number of nitrogens with zero attached hydrogens (tertiary/aromatic N) is 2. The summed E-state index contributed by atoms with van der Waals surface area (Å²) < 4.78 is 31.0. The number of H-pyrrole nitrogens is 1. The third-order valence-corrected chi connectivity index (χ3v) is 4.51. The van der Waals surface area contributed by atoms with E-state index in [1.54, 1.807) is 13.8 Å². The Morgan fingerprint density at radius 1 is 1.48 bits per heavy atom. The Morgan fingerprint density at radius 2 is 2.10 bits per heavy atom. The van der Waals surface area contributed by atoms with Gasteiger partial charge in [-0.15, -0.1) is 0 Å². The van der Waals surface area contributed by atoms with Gasteiger partial charge >= 0.3 is 5.97 Å². The van der Waals surface area contributed by atoms with Crippen molar-refractivity contribution in [3.8, 4) is 0 Å². The van der Waals surface area contributed by atoms with Gasteiger partial charge in [-0.3, -0.25) is 5.10 Å². The Hall–Kier alpha value is -1.45. The lowest BCUT2D eigenvalue weighted by atomic mass is 10.1. The topological polar surface area (TPSA) is 113 Å². The number of aliphatic hydroxyl groups is 1. The Balaban J connectivity index is 3.19. The number of aromatic amines is 1. The van der Waals surface area contributed by atoms with Crippen molar-refractivity contribution in [1.29, 1.82) is 0 Å². The lowest BCUT2D eigenvalue weighted by Crippen LogP contribution is -2.42. The molecule has 1 rings (SSSR count). The van der Waals surface area contributed by atoms with E-state index in [-0.39, 0.29) is 30.3 Å². The molecule has 0 amide bonds. The van der Waals surface area contributed by atoms with Crippen LogP contribution in [0.15, 0.2) is 11.2 Å². The number of ether oxygens (including phenoxy) is 1. The lowest BCUT2D eigenvalue weighted by molar-refractivity contribution is 0.0521. The van der Waals surface area contributed by atoms with Crippen molar-refractivity contribution in [2.24, 2.45) is 0 Å². The van der Waals surface area contributed by atoms with Crippen molar-refractivity contribution < 1.29 is 23.1 Å². The third kappa shape index (κ3) is 4.26. The predicted molar refractivity (Wildman–Crippen MR) is 75.3 cm³/mol. The van der Waals surface area contributed by atoms with Crippen molar-refractivity contribution >= 4 is 16.0 Å². The van der Waals surface area contributed by atoms with E-state index in [0.29, 0.717) is 0 Å². The molecule has 9 heteroatoms. The Morgan fingerprint density at radius 3 is 2.57 bits per heavy atom. The van der Waals surface area contributed by atoms with Crippen LogP contribution < -0.4 is 0 Å². The molecule has 0 bridgehead atoms. The summed E-state index contributed by atoms with van der Waals surface area (Å²) in [6, 6.07) is 0. The van der Waals surface area contributed by atoms with Crippen LogP contribution in [0.3, 0.4) is 0 Å². The number of rotatable bonds is 7. The summed E-state index contributed by atoms with van der Waals surface area (Å²) >= 11 is 0. The number of hydrogen-bond acceptors (Lipinski definition) is 6. The van der Waals surface area contributed by atoms with Crippen molar-refractivity contribution in [2.75, 3.05) is 19.7 Å².